The second kappa shape index (κ2) is 8.36. The number of amides is 2. The fourth-order valence-corrected chi connectivity index (χ4v) is 3.66. The molecule has 1 N–H and O–H groups in total. The molecule has 1 fully saturated rings. The summed E-state index contributed by atoms with van der Waals surface area (Å²) in [6, 6.07) is 13.8. The average molecular weight is 409 g/mol. The van der Waals surface area contributed by atoms with Crippen LogP contribution in [0, 0.1) is 10.1 Å². The predicted molar refractivity (Wildman–Crippen MR) is 112 cm³/mol. The van der Waals surface area contributed by atoms with E-state index in [0.717, 1.165) is 5.56 Å². The average Bonchev–Trinajstić information content (AvgIpc) is 2.75. The van der Waals surface area contributed by atoms with Crippen LogP contribution in [-0.2, 0) is 16.0 Å². The van der Waals surface area contributed by atoms with Crippen molar-refractivity contribution in [2.75, 3.05) is 14.2 Å². The van der Waals surface area contributed by atoms with Crippen LogP contribution >= 0.6 is 0 Å². The smallest absolute Gasteiger partial charge is 0.280 e. The maximum absolute atomic E-state index is 13.3. The fraction of sp³-hybridized carbons (Fsp3) is 0.273. The van der Waals surface area contributed by atoms with Gasteiger partial charge in [-0.3, -0.25) is 19.7 Å². The van der Waals surface area contributed by atoms with Crippen LogP contribution in [0.3, 0.4) is 0 Å². The van der Waals surface area contributed by atoms with Gasteiger partial charge in [0.15, 0.2) is 0 Å². The van der Waals surface area contributed by atoms with Crippen LogP contribution in [-0.4, -0.2) is 41.3 Å². The number of carbonyl (C=O) groups is 2. The lowest BCUT2D eigenvalue weighted by Crippen LogP contribution is -2.65. The monoisotopic (exact) mass is 409 g/mol. The molecule has 0 aliphatic carbocycles. The lowest BCUT2D eigenvalue weighted by atomic mass is 9.84. The number of hydrogen-bond donors (Lipinski definition) is 1. The molecule has 30 heavy (non-hydrogen) atoms. The number of hydrogen-bond acceptors (Lipinski definition) is 5. The maximum atomic E-state index is 13.3. The zero-order valence-corrected chi connectivity index (χ0v) is 17.0. The number of nitro benzene ring substituents is 1. The highest BCUT2D eigenvalue weighted by Gasteiger charge is 2.46. The second-order valence-corrected chi connectivity index (χ2v) is 7.10. The number of ether oxygens (including phenoxy) is 1. The first-order valence-corrected chi connectivity index (χ1v) is 9.50. The molecule has 2 aromatic carbocycles. The number of nitrogens with one attached hydrogen (secondary N) is 1. The molecule has 0 radical (unpaired) electrons. The van der Waals surface area contributed by atoms with Crippen molar-refractivity contribution in [3.63, 3.8) is 0 Å². The molecule has 8 heteroatoms. The molecule has 0 aromatic heterocycles. The molecule has 1 heterocycles. The summed E-state index contributed by atoms with van der Waals surface area (Å²) in [6.07, 6.45) is 2.08. The minimum atomic E-state index is -1.09. The third-order valence-electron chi connectivity index (χ3n) is 5.35. The number of piperazine rings is 1. The quantitative estimate of drug-likeness (QED) is 0.449. The Morgan fingerprint density at radius 1 is 1.17 bits per heavy atom. The number of carbonyl (C=O) groups excluding carboxylic acids is 2. The van der Waals surface area contributed by atoms with Gasteiger partial charge < -0.3 is 15.0 Å². The number of rotatable bonds is 6. The van der Waals surface area contributed by atoms with Crippen LogP contribution in [0.2, 0.25) is 0 Å². The Balaban J connectivity index is 2.03. The van der Waals surface area contributed by atoms with E-state index in [1.807, 2.05) is 37.3 Å². The SMILES string of the molecule is CCC1(Cc2ccccc2)NC(=O)/C(=C\c2c(OC)cccc2[N+](=O)[O-])N(C)C1=O. The Labute approximate surface area is 174 Å². The molecule has 1 unspecified atom stereocenters. The van der Waals surface area contributed by atoms with Gasteiger partial charge >= 0.3 is 0 Å². The van der Waals surface area contributed by atoms with Gasteiger partial charge in [0.25, 0.3) is 17.5 Å². The van der Waals surface area contributed by atoms with E-state index in [9.17, 15) is 19.7 Å². The summed E-state index contributed by atoms with van der Waals surface area (Å²) in [5, 5.41) is 14.3. The van der Waals surface area contributed by atoms with Gasteiger partial charge in [-0.05, 0) is 24.1 Å². The van der Waals surface area contributed by atoms with E-state index in [4.69, 9.17) is 4.74 Å². The largest absolute Gasteiger partial charge is 0.496 e. The topological polar surface area (TPSA) is 102 Å². The number of likely N-dealkylation sites (N-methyl/N-ethyl adjacent to an activating group) is 1. The zero-order valence-electron chi connectivity index (χ0n) is 17.0. The number of nitro groups is 1. The minimum Gasteiger partial charge on any atom is -0.496 e. The Bertz CT molecular complexity index is 1020. The van der Waals surface area contributed by atoms with Crippen LogP contribution in [0.1, 0.15) is 24.5 Å². The molecule has 1 aliphatic heterocycles. The molecule has 0 spiro atoms. The van der Waals surface area contributed by atoms with Crippen molar-refractivity contribution >= 4 is 23.6 Å². The highest BCUT2D eigenvalue weighted by molar-refractivity contribution is 6.09. The Morgan fingerprint density at radius 3 is 2.47 bits per heavy atom. The number of benzene rings is 2. The summed E-state index contributed by atoms with van der Waals surface area (Å²) in [5.74, 6) is -0.519. The van der Waals surface area contributed by atoms with E-state index in [1.54, 1.807) is 6.07 Å². The molecule has 0 bridgehead atoms. The van der Waals surface area contributed by atoms with E-state index < -0.39 is 16.4 Å². The van der Waals surface area contributed by atoms with Gasteiger partial charge in [0.05, 0.1) is 17.6 Å². The van der Waals surface area contributed by atoms with Gasteiger partial charge in [0.1, 0.15) is 17.0 Å². The highest BCUT2D eigenvalue weighted by Crippen LogP contribution is 2.33. The van der Waals surface area contributed by atoms with Crippen molar-refractivity contribution in [2.45, 2.75) is 25.3 Å². The fourth-order valence-electron chi connectivity index (χ4n) is 3.66. The molecular formula is C22H23N3O5. The van der Waals surface area contributed by atoms with Crippen LogP contribution in [0.15, 0.2) is 54.2 Å². The maximum Gasteiger partial charge on any atom is 0.280 e. The molecule has 1 saturated heterocycles. The third-order valence-corrected chi connectivity index (χ3v) is 5.35. The molecule has 8 nitrogen and oxygen atoms in total. The van der Waals surface area contributed by atoms with Crippen molar-refractivity contribution in [2.24, 2.45) is 0 Å². The lowest BCUT2D eigenvalue weighted by molar-refractivity contribution is -0.385. The van der Waals surface area contributed by atoms with E-state index in [1.165, 1.54) is 37.3 Å². The summed E-state index contributed by atoms with van der Waals surface area (Å²) in [7, 11) is 2.89. The summed E-state index contributed by atoms with van der Waals surface area (Å²) in [5.41, 5.74) is -0.232. The Morgan fingerprint density at radius 2 is 1.87 bits per heavy atom. The van der Waals surface area contributed by atoms with Crippen LogP contribution < -0.4 is 10.1 Å². The molecule has 2 amide bonds. The van der Waals surface area contributed by atoms with Crippen molar-refractivity contribution in [1.82, 2.24) is 10.2 Å². The van der Waals surface area contributed by atoms with E-state index in [0.29, 0.717) is 12.8 Å². The molecular weight excluding hydrogens is 386 g/mol. The van der Waals surface area contributed by atoms with E-state index >= 15 is 0 Å². The van der Waals surface area contributed by atoms with Gasteiger partial charge in [-0.2, -0.15) is 0 Å². The highest BCUT2D eigenvalue weighted by atomic mass is 16.6. The molecule has 156 valence electrons. The first-order chi connectivity index (χ1) is 14.3. The molecule has 1 atom stereocenters. The standard InChI is InChI=1S/C22H23N3O5/c1-4-22(14-15-9-6-5-7-10-15)21(27)24(2)18(20(26)23-22)13-16-17(25(28)29)11-8-12-19(16)30-3/h5-13H,4,14H2,1-3H3,(H,23,26)/b18-13+. The molecule has 0 saturated carbocycles. The summed E-state index contributed by atoms with van der Waals surface area (Å²) in [6.45, 7) is 1.84. The van der Waals surface area contributed by atoms with Gasteiger partial charge in [0, 0.05) is 19.5 Å². The normalized spacial score (nSPS) is 20.2. The van der Waals surface area contributed by atoms with Crippen molar-refractivity contribution in [1.29, 1.82) is 0 Å². The van der Waals surface area contributed by atoms with Crippen LogP contribution in [0.4, 0.5) is 5.69 Å². The van der Waals surface area contributed by atoms with Crippen LogP contribution in [0.25, 0.3) is 6.08 Å². The van der Waals surface area contributed by atoms with E-state index in [2.05, 4.69) is 5.32 Å². The number of nitrogens with zero attached hydrogens (tertiary/aromatic N) is 2. The van der Waals surface area contributed by atoms with Crippen molar-refractivity contribution in [3.05, 3.63) is 75.5 Å². The number of methoxy groups -OCH3 is 1. The minimum absolute atomic E-state index is 0.0183. The van der Waals surface area contributed by atoms with Crippen molar-refractivity contribution < 1.29 is 19.2 Å². The Kier molecular flexibility index (Phi) is 5.86. The van der Waals surface area contributed by atoms with Gasteiger partial charge in [-0.1, -0.05) is 43.3 Å². The van der Waals surface area contributed by atoms with Crippen molar-refractivity contribution in [3.8, 4) is 5.75 Å². The molecule has 3 rings (SSSR count). The third kappa shape index (κ3) is 3.76. The summed E-state index contributed by atoms with van der Waals surface area (Å²) < 4.78 is 5.23. The van der Waals surface area contributed by atoms with Gasteiger partial charge in [0.2, 0.25) is 0 Å². The lowest BCUT2D eigenvalue weighted by Gasteiger charge is -2.41. The van der Waals surface area contributed by atoms with Gasteiger partial charge in [-0.25, -0.2) is 0 Å². The van der Waals surface area contributed by atoms with Crippen LogP contribution in [0.5, 0.6) is 5.75 Å². The predicted octanol–water partition coefficient (Wildman–Crippen LogP) is 2.92. The molecule has 1 aliphatic rings. The second-order valence-electron chi connectivity index (χ2n) is 7.10. The Hall–Kier alpha value is -3.68. The van der Waals surface area contributed by atoms with E-state index in [-0.39, 0.29) is 28.6 Å². The van der Waals surface area contributed by atoms with Gasteiger partial charge in [-0.15, -0.1) is 0 Å². The first kappa shape index (κ1) is 21.0. The summed E-state index contributed by atoms with van der Waals surface area (Å²) >= 11 is 0. The molecule has 2 aromatic rings. The zero-order chi connectivity index (χ0) is 21.9. The first-order valence-electron chi connectivity index (χ1n) is 9.50. The summed E-state index contributed by atoms with van der Waals surface area (Å²) in [4.78, 5) is 38.5.